The molecule has 6 nitrogen and oxygen atoms in total. The summed E-state index contributed by atoms with van der Waals surface area (Å²) >= 11 is 0. The van der Waals surface area contributed by atoms with E-state index in [-0.39, 0.29) is 23.2 Å². The minimum absolute atomic E-state index is 0.0301. The first-order chi connectivity index (χ1) is 15.2. The average molecular weight is 419 g/mol. The number of benzene rings is 2. The van der Waals surface area contributed by atoms with Gasteiger partial charge in [-0.2, -0.15) is 0 Å². The Labute approximate surface area is 180 Å². The zero-order chi connectivity index (χ0) is 21.4. The molecule has 1 aromatic heterocycles. The lowest BCUT2D eigenvalue weighted by Crippen LogP contribution is -2.36. The summed E-state index contributed by atoms with van der Waals surface area (Å²) in [5.74, 6) is 0.647. The summed E-state index contributed by atoms with van der Waals surface area (Å²) in [6, 6.07) is 14.2. The van der Waals surface area contributed by atoms with Gasteiger partial charge in [0.25, 0.3) is 5.91 Å². The zero-order valence-electron chi connectivity index (χ0n) is 17.5. The molecular weight excluding hydrogens is 394 g/mol. The Morgan fingerprint density at radius 3 is 2.65 bits per heavy atom. The molecule has 2 aliphatic heterocycles. The second kappa shape index (κ2) is 8.19. The fourth-order valence-electron chi connectivity index (χ4n) is 4.48. The van der Waals surface area contributed by atoms with Crippen molar-refractivity contribution in [3.8, 4) is 5.75 Å². The molecule has 1 saturated heterocycles. The number of carbonyl (C=O) groups is 1. The van der Waals surface area contributed by atoms with E-state index >= 15 is 0 Å². The maximum absolute atomic E-state index is 13.4. The summed E-state index contributed by atoms with van der Waals surface area (Å²) in [5.41, 5.74) is 1.54. The van der Waals surface area contributed by atoms with Crippen LogP contribution in [0.15, 0.2) is 57.7 Å². The number of rotatable bonds is 6. The van der Waals surface area contributed by atoms with Gasteiger partial charge in [0, 0.05) is 13.2 Å². The van der Waals surface area contributed by atoms with Crippen LogP contribution in [0.4, 0.5) is 0 Å². The molecule has 2 aromatic carbocycles. The van der Waals surface area contributed by atoms with Crippen molar-refractivity contribution in [1.82, 2.24) is 4.90 Å². The van der Waals surface area contributed by atoms with E-state index in [4.69, 9.17) is 13.9 Å². The number of carbonyl (C=O) groups excluding carboxylic acids is 1. The molecule has 3 heterocycles. The second-order valence-electron chi connectivity index (χ2n) is 8.08. The van der Waals surface area contributed by atoms with Crippen LogP contribution in [0, 0.1) is 0 Å². The maximum Gasteiger partial charge on any atom is 0.291 e. The molecule has 2 aliphatic rings. The quantitative estimate of drug-likeness (QED) is 0.596. The van der Waals surface area contributed by atoms with Crippen LogP contribution < -0.4 is 10.2 Å². The van der Waals surface area contributed by atoms with Crippen molar-refractivity contribution in [3.05, 3.63) is 75.6 Å². The highest BCUT2D eigenvalue weighted by Crippen LogP contribution is 2.39. The van der Waals surface area contributed by atoms with Crippen molar-refractivity contribution in [2.24, 2.45) is 0 Å². The predicted molar refractivity (Wildman–Crippen MR) is 117 cm³/mol. The summed E-state index contributed by atoms with van der Waals surface area (Å²) in [6.07, 6.45) is 2.78. The van der Waals surface area contributed by atoms with E-state index in [1.165, 1.54) is 0 Å². The largest absolute Gasteiger partial charge is 0.494 e. The number of hydrogen-bond acceptors (Lipinski definition) is 5. The van der Waals surface area contributed by atoms with E-state index < -0.39 is 6.04 Å². The highest BCUT2D eigenvalue weighted by atomic mass is 16.5. The average Bonchev–Trinajstić information content (AvgIpc) is 3.41. The van der Waals surface area contributed by atoms with Crippen LogP contribution in [0.1, 0.15) is 53.9 Å². The molecule has 0 unspecified atom stereocenters. The minimum Gasteiger partial charge on any atom is -0.494 e. The molecule has 2 atom stereocenters. The van der Waals surface area contributed by atoms with E-state index in [2.05, 4.69) is 6.92 Å². The lowest BCUT2D eigenvalue weighted by atomic mass is 9.98. The van der Waals surface area contributed by atoms with E-state index in [0.29, 0.717) is 36.3 Å². The van der Waals surface area contributed by atoms with Crippen molar-refractivity contribution in [2.45, 2.75) is 38.3 Å². The van der Waals surface area contributed by atoms with Gasteiger partial charge in [0.2, 0.25) is 5.76 Å². The molecule has 160 valence electrons. The molecule has 0 bridgehead atoms. The van der Waals surface area contributed by atoms with Gasteiger partial charge in [-0.15, -0.1) is 0 Å². The molecule has 1 amide bonds. The van der Waals surface area contributed by atoms with Gasteiger partial charge in [-0.05, 0) is 49.1 Å². The van der Waals surface area contributed by atoms with Crippen LogP contribution in [-0.2, 0) is 4.74 Å². The smallest absolute Gasteiger partial charge is 0.291 e. The number of hydrogen-bond donors (Lipinski definition) is 0. The van der Waals surface area contributed by atoms with Crippen LogP contribution in [0.2, 0.25) is 0 Å². The van der Waals surface area contributed by atoms with Crippen molar-refractivity contribution in [3.63, 3.8) is 0 Å². The summed E-state index contributed by atoms with van der Waals surface area (Å²) < 4.78 is 17.5. The van der Waals surface area contributed by atoms with Gasteiger partial charge in [-0.3, -0.25) is 9.59 Å². The molecule has 1 fully saturated rings. The Balaban J connectivity index is 1.61. The van der Waals surface area contributed by atoms with Gasteiger partial charge in [0.1, 0.15) is 11.3 Å². The SMILES string of the molecule is CCCOc1ccc([C@H]2c3c(oc4ccccc4c3=O)C(=O)N2C[C@@H]2CCCO2)cc1. The minimum atomic E-state index is -0.507. The van der Waals surface area contributed by atoms with Gasteiger partial charge in [-0.25, -0.2) is 0 Å². The van der Waals surface area contributed by atoms with Crippen molar-refractivity contribution in [1.29, 1.82) is 0 Å². The molecular formula is C25H25NO5. The van der Waals surface area contributed by atoms with Crippen molar-refractivity contribution < 1.29 is 18.7 Å². The molecule has 0 radical (unpaired) electrons. The summed E-state index contributed by atoms with van der Waals surface area (Å²) in [6.45, 7) is 3.83. The second-order valence-corrected chi connectivity index (χ2v) is 8.08. The fraction of sp³-hybridized carbons (Fsp3) is 0.360. The molecule has 5 rings (SSSR count). The van der Waals surface area contributed by atoms with Gasteiger partial charge in [0.15, 0.2) is 5.43 Å². The molecule has 0 spiro atoms. The number of ether oxygens (including phenoxy) is 2. The highest BCUT2D eigenvalue weighted by molar-refractivity contribution is 5.99. The van der Waals surface area contributed by atoms with Gasteiger partial charge in [0.05, 0.1) is 29.7 Å². The predicted octanol–water partition coefficient (Wildman–Crippen LogP) is 4.31. The molecule has 0 aliphatic carbocycles. The lowest BCUT2D eigenvalue weighted by molar-refractivity contribution is 0.0486. The normalized spacial score (nSPS) is 20.4. The molecule has 3 aromatic rings. The molecule has 6 heteroatoms. The third-order valence-electron chi connectivity index (χ3n) is 5.97. The van der Waals surface area contributed by atoms with E-state index in [0.717, 1.165) is 30.6 Å². The van der Waals surface area contributed by atoms with E-state index in [1.54, 1.807) is 29.2 Å². The standard InChI is InChI=1S/C25H25NO5/c1-2-13-29-17-11-9-16(10-12-17)22-21-23(27)19-7-3-4-8-20(19)31-24(21)25(28)26(22)15-18-6-5-14-30-18/h3-4,7-12,18,22H,2,5-6,13-15H2,1H3/t18-,22-/m0/s1. The van der Waals surface area contributed by atoms with Gasteiger partial charge < -0.3 is 18.8 Å². The van der Waals surface area contributed by atoms with Crippen LogP contribution >= 0.6 is 0 Å². The Morgan fingerprint density at radius 1 is 1.10 bits per heavy atom. The first-order valence-corrected chi connectivity index (χ1v) is 10.9. The van der Waals surface area contributed by atoms with Gasteiger partial charge >= 0.3 is 0 Å². The summed E-state index contributed by atoms with van der Waals surface area (Å²) in [5, 5.41) is 0.487. The lowest BCUT2D eigenvalue weighted by Gasteiger charge is -2.27. The Bertz CT molecular complexity index is 1160. The molecule has 0 N–H and O–H groups in total. The summed E-state index contributed by atoms with van der Waals surface area (Å²) in [4.78, 5) is 28.6. The first-order valence-electron chi connectivity index (χ1n) is 10.9. The van der Waals surface area contributed by atoms with Crippen molar-refractivity contribution in [2.75, 3.05) is 19.8 Å². The number of nitrogens with zero attached hydrogens (tertiary/aromatic N) is 1. The Hall–Kier alpha value is -3.12. The van der Waals surface area contributed by atoms with Crippen LogP contribution in [0.5, 0.6) is 5.75 Å². The van der Waals surface area contributed by atoms with E-state index in [9.17, 15) is 9.59 Å². The zero-order valence-corrected chi connectivity index (χ0v) is 17.5. The topological polar surface area (TPSA) is 69.0 Å². The maximum atomic E-state index is 13.4. The van der Waals surface area contributed by atoms with Gasteiger partial charge in [-0.1, -0.05) is 31.2 Å². The van der Waals surface area contributed by atoms with Crippen LogP contribution in [-0.4, -0.2) is 36.7 Å². The first kappa shape index (κ1) is 19.8. The fourth-order valence-corrected chi connectivity index (χ4v) is 4.48. The Kier molecular flexibility index (Phi) is 5.24. The third-order valence-corrected chi connectivity index (χ3v) is 5.97. The van der Waals surface area contributed by atoms with Crippen LogP contribution in [0.25, 0.3) is 11.0 Å². The number of amides is 1. The number of para-hydroxylation sites is 1. The number of fused-ring (bicyclic) bond motifs is 2. The van der Waals surface area contributed by atoms with E-state index in [1.807, 2.05) is 24.3 Å². The highest BCUT2D eigenvalue weighted by Gasteiger charge is 2.43. The van der Waals surface area contributed by atoms with Crippen molar-refractivity contribution >= 4 is 16.9 Å². The van der Waals surface area contributed by atoms with Crippen LogP contribution in [0.3, 0.4) is 0 Å². The summed E-state index contributed by atoms with van der Waals surface area (Å²) in [7, 11) is 0. The Morgan fingerprint density at radius 2 is 1.90 bits per heavy atom. The molecule has 0 saturated carbocycles. The monoisotopic (exact) mass is 419 g/mol. The third kappa shape index (κ3) is 3.51. The molecule has 31 heavy (non-hydrogen) atoms.